The highest BCUT2D eigenvalue weighted by molar-refractivity contribution is 9.10. The van der Waals surface area contributed by atoms with Gasteiger partial charge in [0.2, 0.25) is 0 Å². The minimum Gasteiger partial charge on any atom is -0.480 e. The fourth-order valence-electron chi connectivity index (χ4n) is 2.75. The predicted octanol–water partition coefficient (Wildman–Crippen LogP) is 4.95. The number of carbonyl (C=O) groups is 1. The van der Waals surface area contributed by atoms with Crippen LogP contribution in [0, 0.1) is 5.82 Å². The standard InChI is InChI=1S/C20H15BrFN5O3/c1-11(18-15(5-6-17(21)25-18)27-8-2-7-23-27)30-16-10-12-9-13(22)3-4-14(12)24-19(16)26-20(28)29/h2-11H,1H3,(H,24,26)(H,28,29)/i1D3,11D. The van der Waals surface area contributed by atoms with Crippen molar-refractivity contribution in [2.45, 2.75) is 12.9 Å². The van der Waals surface area contributed by atoms with Crippen molar-refractivity contribution in [2.24, 2.45) is 0 Å². The van der Waals surface area contributed by atoms with Gasteiger partial charge in [0.1, 0.15) is 22.2 Å². The summed E-state index contributed by atoms with van der Waals surface area (Å²) in [7, 11) is 0. The Labute approximate surface area is 184 Å². The van der Waals surface area contributed by atoms with Gasteiger partial charge in [0.05, 0.1) is 12.6 Å². The molecule has 0 aliphatic rings. The lowest BCUT2D eigenvalue weighted by atomic mass is 10.2. The smallest absolute Gasteiger partial charge is 0.410 e. The maximum Gasteiger partial charge on any atom is 0.410 e. The van der Waals surface area contributed by atoms with Gasteiger partial charge in [-0.25, -0.2) is 23.8 Å². The number of hydrogen-bond acceptors (Lipinski definition) is 5. The summed E-state index contributed by atoms with van der Waals surface area (Å²) in [6.07, 6.45) is -1.35. The number of carboxylic acid groups (broad SMARTS) is 1. The lowest BCUT2D eigenvalue weighted by Gasteiger charge is -2.19. The maximum absolute atomic E-state index is 13.8. The Hall–Kier alpha value is -3.53. The van der Waals surface area contributed by atoms with Crippen molar-refractivity contribution in [3.63, 3.8) is 0 Å². The lowest BCUT2D eigenvalue weighted by molar-refractivity contribution is 0.207. The fourth-order valence-corrected chi connectivity index (χ4v) is 3.06. The van der Waals surface area contributed by atoms with E-state index in [4.69, 9.17) is 10.2 Å². The van der Waals surface area contributed by atoms with Crippen LogP contribution in [0.15, 0.2) is 59.5 Å². The highest BCUT2D eigenvalue weighted by Gasteiger charge is 2.20. The third-order valence-electron chi connectivity index (χ3n) is 3.99. The average Bonchev–Trinajstić information content (AvgIpc) is 3.27. The zero-order valence-corrected chi connectivity index (χ0v) is 16.6. The highest BCUT2D eigenvalue weighted by atomic mass is 79.9. The fraction of sp³-hybridized carbons (Fsp3) is 0.100. The van der Waals surface area contributed by atoms with E-state index in [2.05, 4.69) is 31.0 Å². The van der Waals surface area contributed by atoms with Crippen molar-refractivity contribution < 1.29 is 24.5 Å². The molecule has 0 spiro atoms. The zero-order chi connectivity index (χ0) is 24.7. The van der Waals surface area contributed by atoms with Crippen LogP contribution in [0.1, 0.15) is 24.1 Å². The minimum atomic E-state index is -3.12. The molecule has 0 aliphatic carbocycles. The summed E-state index contributed by atoms with van der Waals surface area (Å²) in [5.74, 6) is -1.37. The van der Waals surface area contributed by atoms with Crippen molar-refractivity contribution in [3.05, 3.63) is 71.0 Å². The van der Waals surface area contributed by atoms with Crippen molar-refractivity contribution in [3.8, 4) is 11.4 Å². The SMILES string of the molecule is [2H]C([2H])([2H])C([2H])(Oc1cc2cc(F)ccc2nc1NC(=O)O)c1nc(Br)ccc1-n1cccn1. The van der Waals surface area contributed by atoms with Crippen LogP contribution in [0.4, 0.5) is 15.0 Å². The molecule has 0 radical (unpaired) electrons. The van der Waals surface area contributed by atoms with Gasteiger partial charge in [-0.05, 0) is 65.2 Å². The zero-order valence-electron chi connectivity index (χ0n) is 19.0. The van der Waals surface area contributed by atoms with Gasteiger partial charge < -0.3 is 9.84 Å². The van der Waals surface area contributed by atoms with E-state index < -0.39 is 30.6 Å². The molecule has 1 atom stereocenters. The Morgan fingerprint density at radius 2 is 2.23 bits per heavy atom. The second-order valence-electron chi connectivity index (χ2n) is 5.99. The summed E-state index contributed by atoms with van der Waals surface area (Å²) in [6, 6.07) is 9.43. The molecule has 4 rings (SSSR count). The summed E-state index contributed by atoms with van der Waals surface area (Å²) in [5, 5.41) is 15.5. The molecule has 1 unspecified atom stereocenters. The lowest BCUT2D eigenvalue weighted by Crippen LogP contribution is -2.14. The van der Waals surface area contributed by atoms with Gasteiger partial charge in [0.25, 0.3) is 0 Å². The molecule has 10 heteroatoms. The van der Waals surface area contributed by atoms with Crippen LogP contribution in [0.25, 0.3) is 16.6 Å². The molecule has 0 fully saturated rings. The second kappa shape index (κ2) is 8.07. The maximum atomic E-state index is 13.8. The Morgan fingerprint density at radius 3 is 2.97 bits per heavy atom. The highest BCUT2D eigenvalue weighted by Crippen LogP contribution is 2.33. The van der Waals surface area contributed by atoms with E-state index in [0.29, 0.717) is 0 Å². The average molecular weight is 476 g/mol. The minimum absolute atomic E-state index is 0.145. The Bertz CT molecular complexity index is 1390. The van der Waals surface area contributed by atoms with Gasteiger partial charge in [-0.15, -0.1) is 0 Å². The number of nitrogens with one attached hydrogen (secondary N) is 1. The van der Waals surface area contributed by atoms with E-state index in [9.17, 15) is 14.3 Å². The third-order valence-corrected chi connectivity index (χ3v) is 4.43. The van der Waals surface area contributed by atoms with Crippen LogP contribution in [-0.2, 0) is 0 Å². The summed E-state index contributed by atoms with van der Waals surface area (Å²) < 4.78 is 54.2. The van der Waals surface area contributed by atoms with Crippen LogP contribution in [-0.4, -0.2) is 30.9 Å². The number of anilines is 1. The number of fused-ring (bicyclic) bond motifs is 1. The molecule has 0 saturated heterocycles. The largest absolute Gasteiger partial charge is 0.480 e. The van der Waals surface area contributed by atoms with Crippen molar-refractivity contribution in [1.82, 2.24) is 19.7 Å². The van der Waals surface area contributed by atoms with Gasteiger partial charge in [-0.2, -0.15) is 5.10 Å². The van der Waals surface area contributed by atoms with Crippen molar-refractivity contribution in [2.75, 3.05) is 5.32 Å². The summed E-state index contributed by atoms with van der Waals surface area (Å²) in [4.78, 5) is 19.6. The molecule has 3 heterocycles. The van der Waals surface area contributed by atoms with Gasteiger partial charge in [0, 0.05) is 21.9 Å². The second-order valence-corrected chi connectivity index (χ2v) is 6.80. The molecule has 3 aromatic heterocycles. The number of amides is 1. The monoisotopic (exact) mass is 475 g/mol. The number of benzene rings is 1. The molecule has 0 saturated carbocycles. The molecule has 1 amide bonds. The van der Waals surface area contributed by atoms with E-state index in [1.807, 2.05) is 5.32 Å². The van der Waals surface area contributed by atoms with Crippen molar-refractivity contribution in [1.29, 1.82) is 0 Å². The quantitative estimate of drug-likeness (QED) is 0.396. The van der Waals surface area contributed by atoms with Crippen LogP contribution in [0.2, 0.25) is 0 Å². The molecule has 2 N–H and O–H groups in total. The Kier molecular flexibility index (Phi) is 4.12. The molecular weight excluding hydrogens is 457 g/mol. The third kappa shape index (κ3) is 4.08. The first-order valence-corrected chi connectivity index (χ1v) is 9.23. The van der Waals surface area contributed by atoms with E-state index in [-0.39, 0.29) is 32.7 Å². The normalized spacial score (nSPS) is 15.4. The van der Waals surface area contributed by atoms with E-state index >= 15 is 0 Å². The molecule has 1 aromatic carbocycles. The molecule has 4 aromatic rings. The van der Waals surface area contributed by atoms with Crippen LogP contribution in [0.5, 0.6) is 5.75 Å². The number of halogens is 2. The predicted molar refractivity (Wildman–Crippen MR) is 111 cm³/mol. The number of ether oxygens (including phenoxy) is 1. The number of pyridine rings is 2. The first kappa shape index (κ1) is 15.3. The van der Waals surface area contributed by atoms with E-state index in [1.165, 1.54) is 41.3 Å². The Morgan fingerprint density at radius 1 is 1.37 bits per heavy atom. The topological polar surface area (TPSA) is 102 Å². The number of hydrogen-bond donors (Lipinski definition) is 2. The molecule has 0 aliphatic heterocycles. The number of nitrogens with zero attached hydrogens (tertiary/aromatic N) is 4. The van der Waals surface area contributed by atoms with E-state index in [0.717, 1.165) is 12.1 Å². The van der Waals surface area contributed by atoms with Gasteiger partial charge in [-0.3, -0.25) is 5.32 Å². The number of rotatable bonds is 5. The van der Waals surface area contributed by atoms with Crippen LogP contribution < -0.4 is 10.1 Å². The van der Waals surface area contributed by atoms with E-state index in [1.54, 1.807) is 6.07 Å². The molecular formula is C20H15BrFN5O3. The van der Waals surface area contributed by atoms with Gasteiger partial charge in [0.15, 0.2) is 11.6 Å². The first-order valence-electron chi connectivity index (χ1n) is 10.4. The first-order chi connectivity index (χ1) is 16.0. The van der Waals surface area contributed by atoms with Crippen LogP contribution >= 0.6 is 15.9 Å². The molecule has 8 nitrogen and oxygen atoms in total. The Balaban J connectivity index is 1.94. The summed E-state index contributed by atoms with van der Waals surface area (Å²) in [5.41, 5.74) is 0.0397. The molecule has 30 heavy (non-hydrogen) atoms. The van der Waals surface area contributed by atoms with Gasteiger partial charge in [-0.1, -0.05) is 0 Å². The van der Waals surface area contributed by atoms with Crippen molar-refractivity contribution >= 4 is 38.7 Å². The number of aromatic nitrogens is 4. The summed E-state index contributed by atoms with van der Waals surface area (Å²) in [6.45, 7) is -3.12. The molecule has 0 bridgehead atoms. The van der Waals surface area contributed by atoms with Crippen LogP contribution in [0.3, 0.4) is 0 Å². The summed E-state index contributed by atoms with van der Waals surface area (Å²) >= 11 is 3.18. The van der Waals surface area contributed by atoms with Gasteiger partial charge >= 0.3 is 6.09 Å². The molecule has 152 valence electrons.